The summed E-state index contributed by atoms with van der Waals surface area (Å²) in [5, 5.41) is 2.77. The molecule has 0 fully saturated rings. The Kier molecular flexibility index (Phi) is 6.29. The lowest BCUT2D eigenvalue weighted by molar-refractivity contribution is -0.137. The topological polar surface area (TPSA) is 62.6 Å². The van der Waals surface area contributed by atoms with Gasteiger partial charge in [0.2, 0.25) is 0 Å². The second kappa shape index (κ2) is 9.57. The van der Waals surface area contributed by atoms with Gasteiger partial charge in [0.1, 0.15) is 17.3 Å². The van der Waals surface area contributed by atoms with Crippen LogP contribution in [-0.2, 0) is 19.1 Å². The highest BCUT2D eigenvalue weighted by Gasteiger charge is 2.32. The Bertz CT molecular complexity index is 1480. The number of fused-ring (bicyclic) bond motifs is 1. The van der Waals surface area contributed by atoms with Crippen LogP contribution in [0.4, 0.5) is 23.2 Å². The van der Waals surface area contributed by atoms with Gasteiger partial charge in [0.05, 0.1) is 5.56 Å². The molecular formula is C28H20F4N2O3. The number of furan rings is 1. The predicted molar refractivity (Wildman–Crippen MR) is 128 cm³/mol. The third-order valence-corrected chi connectivity index (χ3v) is 6.10. The smallest absolute Gasteiger partial charge is 0.416 e. The molecule has 4 aromatic rings. The zero-order chi connectivity index (χ0) is 26.2. The number of anilines is 1. The molecule has 9 heteroatoms. The fourth-order valence-corrected chi connectivity index (χ4v) is 4.21. The molecule has 1 aliphatic rings. The maximum Gasteiger partial charge on any atom is 0.416 e. The van der Waals surface area contributed by atoms with Crippen LogP contribution >= 0.6 is 0 Å². The van der Waals surface area contributed by atoms with Crippen molar-refractivity contribution in [2.75, 3.05) is 11.9 Å². The molecule has 0 spiro atoms. The first kappa shape index (κ1) is 24.3. The van der Waals surface area contributed by atoms with Crippen LogP contribution in [0.2, 0.25) is 0 Å². The summed E-state index contributed by atoms with van der Waals surface area (Å²) >= 11 is 0. The van der Waals surface area contributed by atoms with Crippen LogP contribution in [0.1, 0.15) is 37.6 Å². The van der Waals surface area contributed by atoms with Crippen LogP contribution < -0.4 is 5.32 Å². The number of nitrogens with zero attached hydrogens (tertiary/aromatic N) is 1. The van der Waals surface area contributed by atoms with Gasteiger partial charge >= 0.3 is 6.18 Å². The standard InChI is InChI=1S/C28H20F4N2O3/c29-22-9-7-17(8-10-22)26(35)33-23-6-2-3-18(14-23)25-15-20-16-34(12-11-24(20)37-25)27(36)19-4-1-5-21(13-19)28(30,31)32/h1-10,13-15H,11-12,16H2,(H,33,35). The van der Waals surface area contributed by atoms with Crippen LogP contribution in [-0.4, -0.2) is 23.3 Å². The number of alkyl halides is 3. The summed E-state index contributed by atoms with van der Waals surface area (Å²) in [6.07, 6.45) is -4.11. The lowest BCUT2D eigenvalue weighted by atomic mass is 10.0. The number of hydrogen-bond donors (Lipinski definition) is 1. The summed E-state index contributed by atoms with van der Waals surface area (Å²) in [6.45, 7) is 0.512. The zero-order valence-corrected chi connectivity index (χ0v) is 19.3. The van der Waals surface area contributed by atoms with E-state index < -0.39 is 23.5 Å². The number of benzene rings is 3. The van der Waals surface area contributed by atoms with Crippen molar-refractivity contribution in [1.82, 2.24) is 4.90 Å². The van der Waals surface area contributed by atoms with E-state index in [1.165, 1.54) is 41.3 Å². The number of rotatable bonds is 4. The van der Waals surface area contributed by atoms with E-state index in [9.17, 15) is 27.2 Å². The maximum atomic E-state index is 13.1. The van der Waals surface area contributed by atoms with Gasteiger partial charge in [-0.3, -0.25) is 9.59 Å². The van der Waals surface area contributed by atoms with Crippen molar-refractivity contribution in [1.29, 1.82) is 0 Å². The molecule has 5 rings (SSSR count). The van der Waals surface area contributed by atoms with E-state index in [1.807, 2.05) is 6.07 Å². The summed E-state index contributed by atoms with van der Waals surface area (Å²) in [5.74, 6) is -0.0693. The second-order valence-electron chi connectivity index (χ2n) is 8.66. The van der Waals surface area contributed by atoms with Crippen molar-refractivity contribution in [2.24, 2.45) is 0 Å². The highest BCUT2D eigenvalue weighted by molar-refractivity contribution is 6.04. The molecule has 2 heterocycles. The van der Waals surface area contributed by atoms with E-state index in [-0.39, 0.29) is 18.0 Å². The normalized spacial score (nSPS) is 13.2. The minimum atomic E-state index is -4.53. The molecule has 0 unspecified atom stereocenters. The summed E-state index contributed by atoms with van der Waals surface area (Å²) in [5.41, 5.74) is 1.40. The van der Waals surface area contributed by atoms with Crippen molar-refractivity contribution < 1.29 is 31.6 Å². The van der Waals surface area contributed by atoms with Crippen LogP contribution in [0.3, 0.4) is 0 Å². The van der Waals surface area contributed by atoms with Gasteiger partial charge in [-0.1, -0.05) is 18.2 Å². The molecule has 0 radical (unpaired) electrons. The first-order valence-corrected chi connectivity index (χ1v) is 11.4. The quantitative estimate of drug-likeness (QED) is 0.318. The largest absolute Gasteiger partial charge is 0.461 e. The Balaban J connectivity index is 1.31. The Labute approximate surface area is 209 Å². The maximum absolute atomic E-state index is 13.1. The zero-order valence-electron chi connectivity index (χ0n) is 19.3. The van der Waals surface area contributed by atoms with Gasteiger partial charge in [0.25, 0.3) is 11.8 Å². The van der Waals surface area contributed by atoms with E-state index in [0.717, 1.165) is 17.7 Å². The monoisotopic (exact) mass is 508 g/mol. The summed E-state index contributed by atoms with van der Waals surface area (Å²) in [6, 6.07) is 18.4. The SMILES string of the molecule is O=C(Nc1cccc(-c2cc3c(o2)CCN(C(=O)c2cccc(C(F)(F)F)c2)C3)c1)c1ccc(F)cc1. The summed E-state index contributed by atoms with van der Waals surface area (Å²) in [7, 11) is 0. The third-order valence-electron chi connectivity index (χ3n) is 6.10. The van der Waals surface area contributed by atoms with E-state index in [2.05, 4.69) is 5.32 Å². The van der Waals surface area contributed by atoms with Crippen LogP contribution in [0, 0.1) is 5.82 Å². The van der Waals surface area contributed by atoms with Crippen LogP contribution in [0.25, 0.3) is 11.3 Å². The molecule has 3 aromatic carbocycles. The number of hydrogen-bond acceptors (Lipinski definition) is 3. The highest BCUT2D eigenvalue weighted by atomic mass is 19.4. The number of carbonyl (C=O) groups is 2. The van der Waals surface area contributed by atoms with Crippen molar-refractivity contribution in [3.8, 4) is 11.3 Å². The fraction of sp³-hybridized carbons (Fsp3) is 0.143. The van der Waals surface area contributed by atoms with Gasteiger partial charge in [-0.2, -0.15) is 13.2 Å². The Morgan fingerprint density at radius 2 is 1.65 bits per heavy atom. The third kappa shape index (κ3) is 5.25. The van der Waals surface area contributed by atoms with Crippen molar-refractivity contribution in [3.63, 3.8) is 0 Å². The van der Waals surface area contributed by atoms with Gasteiger partial charge in [-0.25, -0.2) is 4.39 Å². The molecule has 5 nitrogen and oxygen atoms in total. The average Bonchev–Trinajstić information content (AvgIpc) is 3.32. The molecule has 0 saturated carbocycles. The molecular weight excluding hydrogens is 488 g/mol. The lowest BCUT2D eigenvalue weighted by Gasteiger charge is -2.26. The lowest BCUT2D eigenvalue weighted by Crippen LogP contribution is -2.35. The minimum absolute atomic E-state index is 0.0217. The number of halogens is 4. The van der Waals surface area contributed by atoms with Crippen LogP contribution in [0.5, 0.6) is 0 Å². The number of amides is 2. The molecule has 1 N–H and O–H groups in total. The summed E-state index contributed by atoms with van der Waals surface area (Å²) in [4.78, 5) is 26.9. The minimum Gasteiger partial charge on any atom is -0.461 e. The van der Waals surface area contributed by atoms with Gasteiger partial charge in [-0.05, 0) is 60.7 Å². The van der Waals surface area contributed by atoms with Crippen LogP contribution in [0.15, 0.2) is 83.3 Å². The van der Waals surface area contributed by atoms with Crippen molar-refractivity contribution in [2.45, 2.75) is 19.1 Å². The average molecular weight is 508 g/mol. The molecule has 2 amide bonds. The molecule has 0 saturated heterocycles. The molecule has 1 aliphatic heterocycles. The first-order valence-electron chi connectivity index (χ1n) is 11.4. The molecule has 0 atom stereocenters. The Hall–Kier alpha value is -4.40. The van der Waals surface area contributed by atoms with Crippen molar-refractivity contribution in [3.05, 3.63) is 113 Å². The molecule has 37 heavy (non-hydrogen) atoms. The molecule has 0 bridgehead atoms. The van der Waals surface area contributed by atoms with E-state index in [4.69, 9.17) is 4.42 Å². The molecule has 0 aliphatic carbocycles. The number of nitrogens with one attached hydrogen (secondary N) is 1. The highest BCUT2D eigenvalue weighted by Crippen LogP contribution is 2.33. The summed E-state index contributed by atoms with van der Waals surface area (Å²) < 4.78 is 58.3. The fourth-order valence-electron chi connectivity index (χ4n) is 4.21. The number of carbonyl (C=O) groups excluding carboxylic acids is 2. The Morgan fingerprint density at radius 3 is 2.41 bits per heavy atom. The predicted octanol–water partition coefficient (Wildman–Crippen LogP) is 6.56. The van der Waals surface area contributed by atoms with E-state index in [1.54, 1.807) is 24.3 Å². The van der Waals surface area contributed by atoms with Gasteiger partial charge in [0, 0.05) is 47.5 Å². The second-order valence-corrected chi connectivity index (χ2v) is 8.66. The van der Waals surface area contributed by atoms with E-state index in [0.29, 0.717) is 41.3 Å². The van der Waals surface area contributed by atoms with Crippen molar-refractivity contribution >= 4 is 17.5 Å². The van der Waals surface area contributed by atoms with Gasteiger partial charge < -0.3 is 14.6 Å². The van der Waals surface area contributed by atoms with Gasteiger partial charge in [-0.15, -0.1) is 0 Å². The van der Waals surface area contributed by atoms with E-state index >= 15 is 0 Å². The Morgan fingerprint density at radius 1 is 0.892 bits per heavy atom. The molecule has 188 valence electrons. The first-order chi connectivity index (χ1) is 17.7. The molecule has 1 aromatic heterocycles. The van der Waals surface area contributed by atoms with Gasteiger partial charge in [0.15, 0.2) is 0 Å².